The molecule has 0 aliphatic carbocycles. The van der Waals surface area contributed by atoms with Gasteiger partial charge in [-0.2, -0.15) is 13.2 Å². The maximum absolute atomic E-state index is 12.7. The molecule has 0 fully saturated rings. The van der Waals surface area contributed by atoms with Crippen molar-refractivity contribution in [1.82, 2.24) is 4.57 Å². The molecule has 0 amide bonds. The Morgan fingerprint density at radius 2 is 1.74 bits per heavy atom. The number of halogens is 4. The van der Waals surface area contributed by atoms with Gasteiger partial charge in [-0.1, -0.05) is 28.1 Å². The lowest BCUT2D eigenvalue weighted by Gasteiger charge is -2.18. The van der Waals surface area contributed by atoms with Crippen molar-refractivity contribution in [1.29, 1.82) is 0 Å². The average Bonchev–Trinajstić information content (AvgIpc) is 2.70. The molecule has 0 spiro atoms. The van der Waals surface area contributed by atoms with Crippen LogP contribution in [0.15, 0.2) is 41.0 Å². The maximum atomic E-state index is 12.7. The fourth-order valence-corrected chi connectivity index (χ4v) is 2.05. The number of nitrogen functional groups attached to an aromatic ring is 1. The van der Waals surface area contributed by atoms with Gasteiger partial charge in [0.25, 0.3) is 0 Å². The summed E-state index contributed by atoms with van der Waals surface area (Å²) in [6.45, 7) is 1.09. The zero-order valence-electron chi connectivity index (χ0n) is 10.1. The summed E-state index contributed by atoms with van der Waals surface area (Å²) in [6.07, 6.45) is -2.89. The third kappa shape index (κ3) is 2.94. The van der Waals surface area contributed by atoms with Crippen LogP contribution in [0.4, 0.5) is 19.0 Å². The van der Waals surface area contributed by atoms with Crippen molar-refractivity contribution in [2.75, 3.05) is 5.73 Å². The van der Waals surface area contributed by atoms with E-state index in [4.69, 9.17) is 5.73 Å². The minimum Gasteiger partial charge on any atom is -0.385 e. The van der Waals surface area contributed by atoms with Crippen molar-refractivity contribution in [3.05, 3.63) is 41.0 Å². The summed E-state index contributed by atoms with van der Waals surface area (Å²) >= 11 is 3.31. The monoisotopic (exact) mass is 332 g/mol. The minimum atomic E-state index is -4.32. The molecule has 1 aromatic carbocycles. The highest BCUT2D eigenvalue weighted by Crippen LogP contribution is 2.34. The third-order valence-electron chi connectivity index (χ3n) is 2.95. The lowest BCUT2D eigenvalue weighted by molar-refractivity contribution is -0.162. The summed E-state index contributed by atoms with van der Waals surface area (Å²) < 4.78 is 40.0. The van der Waals surface area contributed by atoms with Crippen LogP contribution in [-0.2, 0) is 0 Å². The molecule has 0 aliphatic rings. The molecule has 0 saturated carbocycles. The number of nitrogens with two attached hydrogens (primary N) is 1. The highest BCUT2D eigenvalue weighted by molar-refractivity contribution is 9.10. The van der Waals surface area contributed by atoms with Crippen molar-refractivity contribution in [3.8, 4) is 11.1 Å². The van der Waals surface area contributed by atoms with Crippen LogP contribution in [0.2, 0.25) is 0 Å². The first-order valence-electron chi connectivity index (χ1n) is 5.59. The smallest absolute Gasteiger partial charge is 0.385 e. The Morgan fingerprint density at radius 1 is 1.16 bits per heavy atom. The Morgan fingerprint density at radius 3 is 2.26 bits per heavy atom. The molecule has 1 unspecified atom stereocenters. The van der Waals surface area contributed by atoms with Crippen LogP contribution in [0.25, 0.3) is 11.1 Å². The third-order valence-corrected chi connectivity index (χ3v) is 3.48. The standard InChI is InChI=1S/C13H12BrF3N2/c1-8(13(15,16)17)19-7-10(6-12(19)18)9-2-4-11(14)5-3-9/h2-8H,18H2,1H3. The number of anilines is 1. The van der Waals surface area contributed by atoms with E-state index in [0.717, 1.165) is 21.5 Å². The molecule has 1 aromatic heterocycles. The van der Waals surface area contributed by atoms with E-state index in [2.05, 4.69) is 15.9 Å². The second kappa shape index (κ2) is 4.92. The second-order valence-corrected chi connectivity index (χ2v) is 5.20. The van der Waals surface area contributed by atoms with Crippen molar-refractivity contribution in [2.24, 2.45) is 0 Å². The van der Waals surface area contributed by atoms with E-state index < -0.39 is 12.2 Å². The number of nitrogens with zero attached hydrogens (tertiary/aromatic N) is 1. The molecule has 2 nitrogen and oxygen atoms in total. The zero-order valence-corrected chi connectivity index (χ0v) is 11.7. The van der Waals surface area contributed by atoms with Gasteiger partial charge in [-0.05, 0) is 30.7 Å². The quantitative estimate of drug-likeness (QED) is 0.854. The molecule has 0 bridgehead atoms. The van der Waals surface area contributed by atoms with E-state index in [1.54, 1.807) is 6.07 Å². The fourth-order valence-electron chi connectivity index (χ4n) is 1.79. The molecular weight excluding hydrogens is 321 g/mol. The van der Waals surface area contributed by atoms with Crippen LogP contribution in [0.1, 0.15) is 13.0 Å². The van der Waals surface area contributed by atoms with Crippen LogP contribution >= 0.6 is 15.9 Å². The van der Waals surface area contributed by atoms with Crippen LogP contribution in [-0.4, -0.2) is 10.7 Å². The summed E-state index contributed by atoms with van der Waals surface area (Å²) in [7, 11) is 0. The van der Waals surface area contributed by atoms with E-state index in [-0.39, 0.29) is 5.82 Å². The number of aromatic nitrogens is 1. The minimum absolute atomic E-state index is 0.0998. The Bertz CT molecular complexity index is 573. The van der Waals surface area contributed by atoms with E-state index in [1.165, 1.54) is 6.20 Å². The number of alkyl halides is 3. The Labute approximate surface area is 117 Å². The number of rotatable bonds is 2. The van der Waals surface area contributed by atoms with Crippen LogP contribution in [0, 0.1) is 0 Å². The summed E-state index contributed by atoms with van der Waals surface area (Å²) in [5.41, 5.74) is 7.15. The van der Waals surface area contributed by atoms with Gasteiger partial charge < -0.3 is 10.3 Å². The zero-order chi connectivity index (χ0) is 14.2. The lowest BCUT2D eigenvalue weighted by Crippen LogP contribution is -2.24. The molecule has 102 valence electrons. The number of benzene rings is 1. The number of hydrogen-bond donors (Lipinski definition) is 1. The average molecular weight is 333 g/mol. The molecule has 1 atom stereocenters. The molecule has 2 aromatic rings. The van der Waals surface area contributed by atoms with Gasteiger partial charge in [0.2, 0.25) is 0 Å². The van der Waals surface area contributed by atoms with E-state index in [0.29, 0.717) is 5.56 Å². The van der Waals surface area contributed by atoms with Crippen molar-refractivity contribution in [3.63, 3.8) is 0 Å². The van der Waals surface area contributed by atoms with Crippen molar-refractivity contribution < 1.29 is 13.2 Å². The summed E-state index contributed by atoms with van der Waals surface area (Å²) in [6, 6.07) is 7.21. The first kappa shape index (κ1) is 14.0. The molecule has 2 rings (SSSR count). The maximum Gasteiger partial charge on any atom is 0.408 e. The predicted octanol–water partition coefficient (Wildman–Crippen LogP) is 4.62. The molecule has 6 heteroatoms. The number of hydrogen-bond acceptors (Lipinski definition) is 1. The van der Waals surface area contributed by atoms with Crippen molar-refractivity contribution >= 4 is 21.7 Å². The van der Waals surface area contributed by atoms with Gasteiger partial charge in [-0.25, -0.2) is 0 Å². The lowest BCUT2D eigenvalue weighted by atomic mass is 10.1. The molecule has 1 heterocycles. The Balaban J connectivity index is 2.39. The van der Waals surface area contributed by atoms with Gasteiger partial charge in [0.1, 0.15) is 11.9 Å². The molecule has 2 N–H and O–H groups in total. The SMILES string of the molecule is CC(n1cc(-c2ccc(Br)cc2)cc1N)C(F)(F)F. The second-order valence-electron chi connectivity index (χ2n) is 4.29. The Hall–Kier alpha value is -1.43. The molecule has 0 aliphatic heterocycles. The van der Waals surface area contributed by atoms with E-state index in [9.17, 15) is 13.2 Å². The molecule has 19 heavy (non-hydrogen) atoms. The highest BCUT2D eigenvalue weighted by atomic mass is 79.9. The fraction of sp³-hybridized carbons (Fsp3) is 0.231. The van der Waals surface area contributed by atoms with Gasteiger partial charge in [0.15, 0.2) is 0 Å². The topological polar surface area (TPSA) is 30.9 Å². The first-order valence-corrected chi connectivity index (χ1v) is 6.38. The normalized spacial score (nSPS) is 13.5. The molecule has 0 radical (unpaired) electrons. The van der Waals surface area contributed by atoms with Gasteiger partial charge in [0, 0.05) is 16.2 Å². The largest absolute Gasteiger partial charge is 0.408 e. The van der Waals surface area contributed by atoms with Crippen molar-refractivity contribution in [2.45, 2.75) is 19.1 Å². The van der Waals surface area contributed by atoms with Crippen LogP contribution in [0.3, 0.4) is 0 Å². The van der Waals surface area contributed by atoms with Crippen LogP contribution < -0.4 is 5.73 Å². The predicted molar refractivity (Wildman–Crippen MR) is 72.7 cm³/mol. The molecular formula is C13H12BrF3N2. The summed E-state index contributed by atoms with van der Waals surface area (Å²) in [5.74, 6) is 0.0998. The summed E-state index contributed by atoms with van der Waals surface area (Å²) in [4.78, 5) is 0. The first-order chi connectivity index (χ1) is 8.79. The van der Waals surface area contributed by atoms with Gasteiger partial charge in [0.05, 0.1) is 0 Å². The van der Waals surface area contributed by atoms with Gasteiger partial charge in [-0.3, -0.25) is 0 Å². The van der Waals surface area contributed by atoms with Crippen LogP contribution in [0.5, 0.6) is 0 Å². The van der Waals surface area contributed by atoms with Gasteiger partial charge >= 0.3 is 6.18 Å². The highest BCUT2D eigenvalue weighted by Gasteiger charge is 2.38. The van der Waals surface area contributed by atoms with E-state index in [1.807, 2.05) is 24.3 Å². The molecule has 0 saturated heterocycles. The van der Waals surface area contributed by atoms with E-state index >= 15 is 0 Å². The Kier molecular flexibility index (Phi) is 3.62. The van der Waals surface area contributed by atoms with Gasteiger partial charge in [-0.15, -0.1) is 0 Å². The summed E-state index contributed by atoms with van der Waals surface area (Å²) in [5, 5.41) is 0.